The molecule has 210 valence electrons. The number of rotatable bonds is 10. The molecule has 0 radical (unpaired) electrons. The van der Waals surface area contributed by atoms with Crippen LogP contribution in [0.1, 0.15) is 86.1 Å². The van der Waals surface area contributed by atoms with Gasteiger partial charge in [0.15, 0.2) is 5.69 Å². The van der Waals surface area contributed by atoms with Gasteiger partial charge in [-0.05, 0) is 43.7 Å². The molecule has 10 nitrogen and oxygen atoms in total. The Bertz CT molecular complexity index is 1320. The molecule has 10 heteroatoms. The van der Waals surface area contributed by atoms with Crippen LogP contribution in [0.2, 0.25) is 0 Å². The highest BCUT2D eigenvalue weighted by atomic mass is 16.4. The lowest BCUT2D eigenvalue weighted by Crippen LogP contribution is -2.53. The highest BCUT2D eigenvalue weighted by molar-refractivity contribution is 5.88. The van der Waals surface area contributed by atoms with Crippen molar-refractivity contribution in [1.29, 1.82) is 0 Å². The number of benzene rings is 1. The van der Waals surface area contributed by atoms with Crippen molar-refractivity contribution in [3.63, 3.8) is 0 Å². The van der Waals surface area contributed by atoms with E-state index in [0.717, 1.165) is 42.1 Å². The number of aryl methyl sites for hydroxylation is 2. The summed E-state index contributed by atoms with van der Waals surface area (Å²) in [5, 5.41) is 19.5. The van der Waals surface area contributed by atoms with Gasteiger partial charge in [-0.1, -0.05) is 51.3 Å². The van der Waals surface area contributed by atoms with Crippen molar-refractivity contribution in [2.75, 3.05) is 0 Å². The average molecular weight is 538 g/mol. The van der Waals surface area contributed by atoms with Crippen LogP contribution in [0.15, 0.2) is 34.9 Å². The fourth-order valence-corrected chi connectivity index (χ4v) is 5.38. The fraction of sp³-hybridized carbons (Fsp3) is 0.517. The molecule has 0 aliphatic heterocycles. The zero-order chi connectivity index (χ0) is 28.1. The van der Waals surface area contributed by atoms with Crippen molar-refractivity contribution in [2.45, 2.75) is 83.8 Å². The van der Waals surface area contributed by atoms with E-state index in [-0.39, 0.29) is 41.2 Å². The van der Waals surface area contributed by atoms with Gasteiger partial charge >= 0.3 is 12.0 Å². The van der Waals surface area contributed by atoms with Crippen LogP contribution in [-0.4, -0.2) is 44.6 Å². The monoisotopic (exact) mass is 537 g/mol. The summed E-state index contributed by atoms with van der Waals surface area (Å²) in [6.07, 6.45) is 7.99. The number of nitrogens with zero attached hydrogens (tertiary/aromatic N) is 2. The van der Waals surface area contributed by atoms with Crippen molar-refractivity contribution < 1.29 is 23.9 Å². The summed E-state index contributed by atoms with van der Waals surface area (Å²) >= 11 is 0. The van der Waals surface area contributed by atoms with E-state index in [1.165, 1.54) is 13.3 Å². The van der Waals surface area contributed by atoms with Gasteiger partial charge in [-0.3, -0.25) is 4.79 Å². The number of carboxylic acids is 1. The number of carbonyl (C=O) groups is 3. The predicted molar refractivity (Wildman–Crippen MR) is 147 cm³/mol. The first-order valence-corrected chi connectivity index (χ1v) is 13.7. The third kappa shape index (κ3) is 6.99. The summed E-state index contributed by atoms with van der Waals surface area (Å²) in [6, 6.07) is 6.17. The van der Waals surface area contributed by atoms with E-state index in [4.69, 9.17) is 4.42 Å². The number of fused-ring (bicyclic) bond motifs is 1. The van der Waals surface area contributed by atoms with Gasteiger partial charge in [0.1, 0.15) is 17.8 Å². The number of carbonyl (C=O) groups excluding carboxylic acids is 2. The Balaban J connectivity index is 1.58. The minimum absolute atomic E-state index is 0.112. The van der Waals surface area contributed by atoms with Crippen molar-refractivity contribution in [1.82, 2.24) is 25.5 Å². The molecule has 4 rings (SSSR count). The van der Waals surface area contributed by atoms with Crippen LogP contribution in [0.25, 0.3) is 10.9 Å². The van der Waals surface area contributed by atoms with Crippen molar-refractivity contribution >= 4 is 28.8 Å². The maximum Gasteiger partial charge on any atom is 0.358 e. The van der Waals surface area contributed by atoms with Gasteiger partial charge in [0.25, 0.3) is 0 Å². The van der Waals surface area contributed by atoms with Crippen LogP contribution in [-0.2, 0) is 18.3 Å². The van der Waals surface area contributed by atoms with E-state index in [9.17, 15) is 19.5 Å². The second-order valence-corrected chi connectivity index (χ2v) is 10.9. The highest BCUT2D eigenvalue weighted by Crippen LogP contribution is 2.27. The topological polar surface area (TPSA) is 138 Å². The number of nitrogens with one attached hydrogen (secondary N) is 3. The number of amides is 3. The number of aromatic carboxylic acids is 1. The molecule has 2 heterocycles. The summed E-state index contributed by atoms with van der Waals surface area (Å²) in [7, 11) is 1.95. The summed E-state index contributed by atoms with van der Waals surface area (Å²) in [5.41, 5.74) is 1.80. The molecule has 1 aliphatic rings. The van der Waals surface area contributed by atoms with Crippen LogP contribution in [0.3, 0.4) is 0 Å². The zero-order valence-electron chi connectivity index (χ0n) is 23.1. The fourth-order valence-electron chi connectivity index (χ4n) is 5.38. The van der Waals surface area contributed by atoms with Crippen LogP contribution in [0, 0.1) is 12.8 Å². The molecule has 0 bridgehead atoms. The van der Waals surface area contributed by atoms with Gasteiger partial charge in [0.2, 0.25) is 11.8 Å². The van der Waals surface area contributed by atoms with Gasteiger partial charge in [-0.15, -0.1) is 0 Å². The molecule has 4 N–H and O–H groups in total. The Morgan fingerprint density at radius 1 is 1.13 bits per heavy atom. The largest absolute Gasteiger partial charge is 0.476 e. The van der Waals surface area contributed by atoms with Crippen molar-refractivity contribution in [3.8, 4) is 0 Å². The Kier molecular flexibility index (Phi) is 8.93. The second kappa shape index (κ2) is 12.4. The molecule has 2 atom stereocenters. The van der Waals surface area contributed by atoms with E-state index in [1.54, 1.807) is 0 Å². The van der Waals surface area contributed by atoms with E-state index < -0.39 is 18.1 Å². The van der Waals surface area contributed by atoms with Crippen molar-refractivity contribution in [2.24, 2.45) is 13.0 Å². The number of carboxylic acid groups (broad SMARTS) is 1. The summed E-state index contributed by atoms with van der Waals surface area (Å²) < 4.78 is 7.77. The molecule has 1 fully saturated rings. The number of hydrogen-bond donors (Lipinski definition) is 4. The number of aromatic nitrogens is 2. The van der Waals surface area contributed by atoms with E-state index >= 15 is 0 Å². The van der Waals surface area contributed by atoms with E-state index in [2.05, 4.69) is 20.9 Å². The van der Waals surface area contributed by atoms with Gasteiger partial charge in [0, 0.05) is 36.6 Å². The summed E-state index contributed by atoms with van der Waals surface area (Å²) in [5.74, 6) is -1.15. The first-order valence-electron chi connectivity index (χ1n) is 13.7. The smallest absolute Gasteiger partial charge is 0.358 e. The Hall–Kier alpha value is -3.82. The van der Waals surface area contributed by atoms with Gasteiger partial charge in [0.05, 0.1) is 0 Å². The molecule has 39 heavy (non-hydrogen) atoms. The Labute approximate surface area is 228 Å². The summed E-state index contributed by atoms with van der Waals surface area (Å²) in [4.78, 5) is 42.3. The van der Waals surface area contributed by atoms with Gasteiger partial charge < -0.3 is 30.0 Å². The van der Waals surface area contributed by atoms with Crippen LogP contribution in [0.5, 0.6) is 0 Å². The quantitative estimate of drug-likeness (QED) is 0.298. The third-order valence-corrected chi connectivity index (χ3v) is 7.30. The molecule has 3 aromatic rings. The van der Waals surface area contributed by atoms with Gasteiger partial charge in [-0.2, -0.15) is 0 Å². The Morgan fingerprint density at radius 2 is 1.85 bits per heavy atom. The lowest BCUT2D eigenvalue weighted by molar-refractivity contribution is -0.124. The normalized spacial score (nSPS) is 15.7. The Morgan fingerprint density at radius 3 is 2.51 bits per heavy atom. The predicted octanol–water partition coefficient (Wildman–Crippen LogP) is 4.62. The van der Waals surface area contributed by atoms with Crippen molar-refractivity contribution in [3.05, 3.63) is 53.4 Å². The summed E-state index contributed by atoms with van der Waals surface area (Å²) in [6.45, 7) is 5.52. The minimum atomic E-state index is -1.20. The van der Waals surface area contributed by atoms with Crippen LogP contribution < -0.4 is 16.0 Å². The molecule has 1 aromatic carbocycles. The first-order chi connectivity index (χ1) is 18.6. The number of para-hydroxylation sites is 1. The standard InChI is InChI=1S/C29H39N5O5/c1-17(2)14-22(32-29(38)30-20-10-6-5-7-11-20)26(35)31-23(27-33-25(28(36)37)18(3)39-27)15-19-16-34(4)24-13-9-8-12-21(19)24/h8-9,12-13,16-17,20,22-23H,5-7,10-11,14-15H2,1-4H3,(H,31,35)(H,36,37)(H2,30,32,38)/t22?,23-/m1/s1. The molecular formula is C29H39N5O5. The van der Waals surface area contributed by atoms with Gasteiger partial charge in [-0.25, -0.2) is 14.6 Å². The molecule has 2 aromatic heterocycles. The molecule has 3 amide bonds. The lowest BCUT2D eigenvalue weighted by atomic mass is 9.96. The van der Waals surface area contributed by atoms with Crippen LogP contribution >= 0.6 is 0 Å². The second-order valence-electron chi connectivity index (χ2n) is 10.9. The molecule has 1 saturated carbocycles. The molecular weight excluding hydrogens is 498 g/mol. The maximum atomic E-state index is 13.6. The molecule has 0 spiro atoms. The lowest BCUT2D eigenvalue weighted by Gasteiger charge is -2.26. The number of hydrogen-bond acceptors (Lipinski definition) is 5. The van der Waals surface area contributed by atoms with E-state index in [0.29, 0.717) is 12.8 Å². The van der Waals surface area contributed by atoms with E-state index in [1.807, 2.05) is 55.9 Å². The van der Waals surface area contributed by atoms with Crippen LogP contribution in [0.4, 0.5) is 4.79 Å². The molecule has 1 unspecified atom stereocenters. The SMILES string of the molecule is Cc1oc([C@@H](Cc2cn(C)c3ccccc23)NC(=O)C(CC(C)C)NC(=O)NC2CCCCC2)nc1C(=O)O. The molecule has 0 saturated heterocycles. The minimum Gasteiger partial charge on any atom is -0.476 e. The maximum absolute atomic E-state index is 13.6. The highest BCUT2D eigenvalue weighted by Gasteiger charge is 2.30. The number of oxazole rings is 1. The molecule has 1 aliphatic carbocycles. The number of urea groups is 1. The third-order valence-electron chi connectivity index (χ3n) is 7.30. The zero-order valence-corrected chi connectivity index (χ0v) is 23.1. The average Bonchev–Trinajstić information content (AvgIpc) is 3.43. The first kappa shape index (κ1) is 28.2.